The largest absolute Gasteiger partial charge is 0.380 e. The Morgan fingerprint density at radius 1 is 1.19 bits per heavy atom. The fraction of sp³-hybridized carbons (Fsp3) is 0.636. The summed E-state index contributed by atoms with van der Waals surface area (Å²) in [6.45, 7) is 5.60. The van der Waals surface area contributed by atoms with Gasteiger partial charge in [0.25, 0.3) is 0 Å². The van der Waals surface area contributed by atoms with Gasteiger partial charge in [-0.05, 0) is 56.1 Å². The Kier molecular flexibility index (Phi) is 7.23. The number of hydrogen-bond donors (Lipinski definition) is 0. The lowest BCUT2D eigenvalue weighted by Crippen LogP contribution is -2.38. The minimum absolute atomic E-state index is 0.0328. The van der Waals surface area contributed by atoms with Crippen LogP contribution < -0.4 is 0 Å². The third kappa shape index (κ3) is 5.15. The van der Waals surface area contributed by atoms with Crippen LogP contribution in [0.15, 0.2) is 30.9 Å². The first kappa shape index (κ1) is 19.5. The van der Waals surface area contributed by atoms with Gasteiger partial charge in [0, 0.05) is 24.5 Å². The van der Waals surface area contributed by atoms with Crippen LogP contribution in [0.5, 0.6) is 0 Å². The summed E-state index contributed by atoms with van der Waals surface area (Å²) in [5.41, 5.74) is 1.71. The van der Waals surface area contributed by atoms with E-state index in [1.807, 2.05) is 18.2 Å². The van der Waals surface area contributed by atoms with Crippen molar-refractivity contribution in [2.24, 2.45) is 17.8 Å². The average Bonchev–Trinajstić information content (AvgIpc) is 2.69. The van der Waals surface area contributed by atoms with Gasteiger partial charge in [0.2, 0.25) is 0 Å². The van der Waals surface area contributed by atoms with E-state index in [9.17, 15) is 4.39 Å². The highest BCUT2D eigenvalue weighted by Crippen LogP contribution is 2.36. The topological polar surface area (TPSA) is 27.7 Å². The summed E-state index contributed by atoms with van der Waals surface area (Å²) in [7, 11) is 1.59. The second-order valence-corrected chi connectivity index (χ2v) is 7.71. The molecule has 1 aromatic carbocycles. The predicted molar refractivity (Wildman–Crippen MR) is 100 cm³/mol. The molecule has 3 rings (SSSR count). The lowest BCUT2D eigenvalue weighted by Gasteiger charge is -2.37. The smallest absolute Gasteiger partial charge is 0.160 e. The van der Waals surface area contributed by atoms with Crippen LogP contribution in [0.1, 0.15) is 43.2 Å². The SMILES string of the molecule is C=C[C@H]1CO[C@H](C2CCC(CCc3ccc(COC)c(F)c3)CC2)OC1. The fourth-order valence-electron chi connectivity index (χ4n) is 4.08. The van der Waals surface area contributed by atoms with E-state index in [0.29, 0.717) is 24.0 Å². The Morgan fingerprint density at radius 3 is 2.54 bits per heavy atom. The van der Waals surface area contributed by atoms with Crippen molar-refractivity contribution < 1.29 is 18.6 Å². The Bertz CT molecular complexity index is 573. The van der Waals surface area contributed by atoms with Crippen LogP contribution >= 0.6 is 0 Å². The first-order valence-electron chi connectivity index (χ1n) is 9.81. The van der Waals surface area contributed by atoms with Crippen LogP contribution in [0.4, 0.5) is 4.39 Å². The molecule has 0 N–H and O–H groups in total. The van der Waals surface area contributed by atoms with Crippen LogP contribution in [-0.4, -0.2) is 26.6 Å². The molecule has 0 amide bonds. The first-order chi connectivity index (χ1) is 12.7. The maximum Gasteiger partial charge on any atom is 0.160 e. The van der Waals surface area contributed by atoms with E-state index >= 15 is 0 Å². The number of ether oxygens (including phenoxy) is 3. The first-order valence-corrected chi connectivity index (χ1v) is 9.81. The molecule has 26 heavy (non-hydrogen) atoms. The van der Waals surface area contributed by atoms with Gasteiger partial charge in [0.1, 0.15) is 5.82 Å². The van der Waals surface area contributed by atoms with Crippen LogP contribution in [-0.2, 0) is 27.2 Å². The summed E-state index contributed by atoms with van der Waals surface area (Å²) in [5, 5.41) is 0. The van der Waals surface area contributed by atoms with Gasteiger partial charge in [0.15, 0.2) is 6.29 Å². The minimum Gasteiger partial charge on any atom is -0.380 e. The zero-order chi connectivity index (χ0) is 18.4. The summed E-state index contributed by atoms with van der Waals surface area (Å²) in [5.74, 6) is 1.41. The molecule has 0 atom stereocenters. The number of methoxy groups -OCH3 is 1. The Balaban J connectivity index is 1.40. The quantitative estimate of drug-likeness (QED) is 0.647. The number of rotatable bonds is 7. The molecule has 0 bridgehead atoms. The second kappa shape index (κ2) is 9.63. The number of benzene rings is 1. The third-order valence-electron chi connectivity index (χ3n) is 5.82. The summed E-state index contributed by atoms with van der Waals surface area (Å²) in [4.78, 5) is 0. The highest BCUT2D eigenvalue weighted by Gasteiger charge is 2.31. The Morgan fingerprint density at radius 2 is 1.92 bits per heavy atom. The summed E-state index contributed by atoms with van der Waals surface area (Å²) < 4.78 is 30.8. The van der Waals surface area contributed by atoms with E-state index in [4.69, 9.17) is 14.2 Å². The molecule has 4 heteroatoms. The van der Waals surface area contributed by atoms with Crippen LogP contribution in [0.25, 0.3) is 0 Å². The summed E-state index contributed by atoms with van der Waals surface area (Å²) >= 11 is 0. The molecule has 1 saturated carbocycles. The molecular formula is C22H31FO3. The molecule has 2 aliphatic rings. The van der Waals surface area contributed by atoms with Gasteiger partial charge >= 0.3 is 0 Å². The van der Waals surface area contributed by atoms with Gasteiger partial charge in [-0.25, -0.2) is 4.39 Å². The van der Waals surface area contributed by atoms with Gasteiger partial charge in [-0.15, -0.1) is 6.58 Å². The fourth-order valence-corrected chi connectivity index (χ4v) is 4.08. The van der Waals surface area contributed by atoms with Crippen molar-refractivity contribution in [3.8, 4) is 0 Å². The van der Waals surface area contributed by atoms with E-state index < -0.39 is 0 Å². The van der Waals surface area contributed by atoms with Crippen LogP contribution in [0, 0.1) is 23.6 Å². The molecule has 1 aliphatic carbocycles. The van der Waals surface area contributed by atoms with Crippen molar-refractivity contribution in [3.05, 3.63) is 47.8 Å². The molecule has 1 aliphatic heterocycles. The molecule has 3 nitrogen and oxygen atoms in total. The lowest BCUT2D eigenvalue weighted by atomic mass is 9.79. The van der Waals surface area contributed by atoms with Gasteiger partial charge in [0.05, 0.1) is 19.8 Å². The zero-order valence-corrected chi connectivity index (χ0v) is 15.8. The van der Waals surface area contributed by atoms with E-state index in [0.717, 1.165) is 50.4 Å². The molecule has 0 radical (unpaired) electrons. The predicted octanol–water partition coefficient (Wildman–Crippen LogP) is 4.89. The van der Waals surface area contributed by atoms with Crippen molar-refractivity contribution in [2.45, 2.75) is 51.4 Å². The van der Waals surface area contributed by atoms with Gasteiger partial charge < -0.3 is 14.2 Å². The van der Waals surface area contributed by atoms with Gasteiger partial charge in [-0.1, -0.05) is 18.2 Å². The average molecular weight is 362 g/mol. The maximum absolute atomic E-state index is 14.0. The maximum atomic E-state index is 14.0. The third-order valence-corrected chi connectivity index (χ3v) is 5.82. The van der Waals surface area contributed by atoms with E-state index in [-0.39, 0.29) is 12.1 Å². The normalized spacial score (nSPS) is 29.5. The van der Waals surface area contributed by atoms with E-state index in [1.165, 1.54) is 12.8 Å². The monoisotopic (exact) mass is 362 g/mol. The summed E-state index contributed by atoms with van der Waals surface area (Å²) in [6, 6.07) is 5.54. The lowest BCUT2D eigenvalue weighted by molar-refractivity contribution is -0.222. The minimum atomic E-state index is -0.155. The van der Waals surface area contributed by atoms with Crippen LogP contribution in [0.2, 0.25) is 0 Å². The molecule has 2 fully saturated rings. The molecule has 1 heterocycles. The van der Waals surface area contributed by atoms with Crippen molar-refractivity contribution in [3.63, 3.8) is 0 Å². The molecule has 1 aromatic rings. The zero-order valence-electron chi connectivity index (χ0n) is 15.8. The molecule has 0 unspecified atom stereocenters. The molecular weight excluding hydrogens is 331 g/mol. The molecule has 144 valence electrons. The standard InChI is InChI=1S/C22H31FO3/c1-3-16-13-25-22(26-14-16)19-9-6-17(7-10-19)4-5-18-8-11-20(15-24-2)21(23)12-18/h3,8,11-12,16-17,19,22H,1,4-7,9-10,13-15H2,2H3/t16-,17?,19?,22-. The van der Waals surface area contributed by atoms with Gasteiger partial charge in [-0.2, -0.15) is 0 Å². The summed E-state index contributed by atoms with van der Waals surface area (Å²) in [6.07, 6.45) is 8.70. The second-order valence-electron chi connectivity index (χ2n) is 7.71. The van der Waals surface area contributed by atoms with E-state index in [2.05, 4.69) is 6.58 Å². The number of halogens is 1. The van der Waals surface area contributed by atoms with Crippen molar-refractivity contribution in [1.29, 1.82) is 0 Å². The van der Waals surface area contributed by atoms with Crippen molar-refractivity contribution in [1.82, 2.24) is 0 Å². The molecule has 0 aromatic heterocycles. The molecule has 1 saturated heterocycles. The Hall–Kier alpha value is -1.23. The Labute approximate surface area is 156 Å². The number of hydrogen-bond acceptors (Lipinski definition) is 3. The highest BCUT2D eigenvalue weighted by molar-refractivity contribution is 5.24. The van der Waals surface area contributed by atoms with E-state index in [1.54, 1.807) is 13.2 Å². The van der Waals surface area contributed by atoms with Crippen molar-refractivity contribution >= 4 is 0 Å². The van der Waals surface area contributed by atoms with Crippen molar-refractivity contribution in [2.75, 3.05) is 20.3 Å². The molecule has 0 spiro atoms. The van der Waals surface area contributed by atoms with Crippen LogP contribution in [0.3, 0.4) is 0 Å². The highest BCUT2D eigenvalue weighted by atomic mass is 19.1. The van der Waals surface area contributed by atoms with Gasteiger partial charge in [-0.3, -0.25) is 0 Å². The number of aryl methyl sites for hydroxylation is 1.